The van der Waals surface area contributed by atoms with E-state index >= 15 is 0 Å². The monoisotopic (exact) mass is 302 g/mol. The molecule has 0 radical (unpaired) electrons. The van der Waals surface area contributed by atoms with E-state index in [1.165, 1.54) is 6.92 Å². The van der Waals surface area contributed by atoms with Crippen LogP contribution in [-0.2, 0) is 4.79 Å². The van der Waals surface area contributed by atoms with E-state index in [9.17, 15) is 22.8 Å². The second-order valence-electron chi connectivity index (χ2n) is 5.22. The van der Waals surface area contributed by atoms with E-state index in [2.05, 4.69) is 0 Å². The molecule has 2 amide bonds. The van der Waals surface area contributed by atoms with Gasteiger partial charge in [0.2, 0.25) is 0 Å². The molecule has 1 saturated heterocycles. The Balaban J connectivity index is 2.12. The molecule has 0 aliphatic carbocycles. The first kappa shape index (κ1) is 15.1. The van der Waals surface area contributed by atoms with Crippen molar-refractivity contribution in [2.45, 2.75) is 13.3 Å². The summed E-state index contributed by atoms with van der Waals surface area (Å²) in [5.74, 6) is -4.85. The van der Waals surface area contributed by atoms with Gasteiger partial charge in [0, 0.05) is 25.2 Å². The SMILES string of the molecule is CC1(C(=O)O)CCN(C(=O)Nc2cc(F)cc(F)c2F)C1. The second-order valence-corrected chi connectivity index (χ2v) is 5.22. The highest BCUT2D eigenvalue weighted by atomic mass is 19.2. The van der Waals surface area contributed by atoms with E-state index in [1.54, 1.807) is 0 Å². The third-order valence-corrected chi connectivity index (χ3v) is 3.51. The average molecular weight is 302 g/mol. The molecule has 1 atom stereocenters. The predicted molar refractivity (Wildman–Crippen MR) is 67.3 cm³/mol. The van der Waals surface area contributed by atoms with Crippen LogP contribution >= 0.6 is 0 Å². The molecule has 1 unspecified atom stereocenters. The highest BCUT2D eigenvalue weighted by molar-refractivity contribution is 5.90. The van der Waals surface area contributed by atoms with Gasteiger partial charge in [-0.1, -0.05) is 0 Å². The van der Waals surface area contributed by atoms with Crippen LogP contribution in [0.3, 0.4) is 0 Å². The van der Waals surface area contributed by atoms with Gasteiger partial charge >= 0.3 is 12.0 Å². The van der Waals surface area contributed by atoms with Gasteiger partial charge in [-0.05, 0) is 13.3 Å². The minimum absolute atomic E-state index is 0.0619. The largest absolute Gasteiger partial charge is 0.481 e. The lowest BCUT2D eigenvalue weighted by Gasteiger charge is -2.20. The van der Waals surface area contributed by atoms with E-state index in [0.29, 0.717) is 12.1 Å². The summed E-state index contributed by atoms with van der Waals surface area (Å²) in [6, 6.07) is 0.217. The summed E-state index contributed by atoms with van der Waals surface area (Å²) < 4.78 is 39.5. The van der Waals surface area contributed by atoms with Gasteiger partial charge in [0.25, 0.3) is 0 Å². The number of aliphatic carboxylic acids is 1. The van der Waals surface area contributed by atoms with Crippen LogP contribution in [0.4, 0.5) is 23.7 Å². The molecule has 21 heavy (non-hydrogen) atoms. The Labute approximate surface area is 118 Å². The topological polar surface area (TPSA) is 69.6 Å². The lowest BCUT2D eigenvalue weighted by molar-refractivity contribution is -0.146. The van der Waals surface area contributed by atoms with E-state index in [-0.39, 0.29) is 19.5 Å². The summed E-state index contributed by atoms with van der Waals surface area (Å²) in [5, 5.41) is 11.1. The first-order chi connectivity index (χ1) is 9.73. The number of carboxylic acids is 1. The fourth-order valence-corrected chi connectivity index (χ4v) is 2.15. The zero-order valence-corrected chi connectivity index (χ0v) is 11.1. The normalized spacial score (nSPS) is 21.4. The highest BCUT2D eigenvalue weighted by Crippen LogP contribution is 2.30. The van der Waals surface area contributed by atoms with Crippen molar-refractivity contribution in [3.8, 4) is 0 Å². The molecule has 0 bridgehead atoms. The number of hydrogen-bond donors (Lipinski definition) is 2. The van der Waals surface area contributed by atoms with Crippen LogP contribution < -0.4 is 5.32 Å². The number of nitrogens with zero attached hydrogens (tertiary/aromatic N) is 1. The summed E-state index contributed by atoms with van der Waals surface area (Å²) in [7, 11) is 0. The van der Waals surface area contributed by atoms with Gasteiger partial charge in [-0.2, -0.15) is 0 Å². The lowest BCUT2D eigenvalue weighted by Crippen LogP contribution is -2.37. The highest BCUT2D eigenvalue weighted by Gasteiger charge is 2.42. The third kappa shape index (κ3) is 2.93. The number of amides is 2. The Kier molecular flexibility index (Phi) is 3.80. The first-order valence-electron chi connectivity index (χ1n) is 6.17. The van der Waals surface area contributed by atoms with Gasteiger partial charge < -0.3 is 15.3 Å². The van der Waals surface area contributed by atoms with Crippen molar-refractivity contribution in [3.05, 3.63) is 29.6 Å². The van der Waals surface area contributed by atoms with Crippen LogP contribution in [0.5, 0.6) is 0 Å². The number of benzene rings is 1. The molecule has 1 aliphatic heterocycles. The maximum absolute atomic E-state index is 13.4. The molecule has 5 nitrogen and oxygen atoms in total. The molecular weight excluding hydrogens is 289 g/mol. The smallest absolute Gasteiger partial charge is 0.321 e. The van der Waals surface area contributed by atoms with Crippen LogP contribution in [-0.4, -0.2) is 35.1 Å². The molecule has 0 spiro atoms. The van der Waals surface area contributed by atoms with Gasteiger partial charge in [0.05, 0.1) is 11.1 Å². The Hall–Kier alpha value is -2.25. The molecule has 1 heterocycles. The molecule has 1 aromatic carbocycles. The number of likely N-dealkylation sites (tertiary alicyclic amines) is 1. The maximum atomic E-state index is 13.4. The first-order valence-corrected chi connectivity index (χ1v) is 6.17. The van der Waals surface area contributed by atoms with Gasteiger partial charge in [-0.15, -0.1) is 0 Å². The van der Waals surface area contributed by atoms with Crippen LogP contribution in [0, 0.1) is 22.9 Å². The number of anilines is 1. The van der Waals surface area contributed by atoms with Crippen LogP contribution in [0.15, 0.2) is 12.1 Å². The van der Waals surface area contributed by atoms with Crippen molar-refractivity contribution in [1.29, 1.82) is 0 Å². The Morgan fingerprint density at radius 2 is 2.00 bits per heavy atom. The summed E-state index contributed by atoms with van der Waals surface area (Å²) in [4.78, 5) is 24.1. The molecule has 1 aromatic rings. The van der Waals surface area contributed by atoms with Crippen molar-refractivity contribution in [1.82, 2.24) is 4.90 Å². The van der Waals surface area contributed by atoms with Crippen LogP contribution in [0.1, 0.15) is 13.3 Å². The molecule has 0 saturated carbocycles. The molecule has 8 heteroatoms. The van der Waals surface area contributed by atoms with Gasteiger partial charge in [0.1, 0.15) is 5.82 Å². The van der Waals surface area contributed by atoms with E-state index < -0.39 is 40.6 Å². The number of rotatable bonds is 2. The van der Waals surface area contributed by atoms with Crippen molar-refractivity contribution in [3.63, 3.8) is 0 Å². The standard InChI is InChI=1S/C13H13F3N2O3/c1-13(11(19)20)2-3-18(6-13)12(21)17-9-5-7(14)4-8(15)10(9)16/h4-5H,2-3,6H2,1H3,(H,17,21)(H,19,20). The Morgan fingerprint density at radius 1 is 1.33 bits per heavy atom. The molecule has 0 aromatic heterocycles. The minimum Gasteiger partial charge on any atom is -0.481 e. The molecular formula is C13H13F3N2O3. The number of halogens is 3. The fourth-order valence-electron chi connectivity index (χ4n) is 2.15. The summed E-state index contributed by atoms with van der Waals surface area (Å²) in [6.07, 6.45) is 0.246. The zero-order valence-electron chi connectivity index (χ0n) is 11.1. The molecule has 2 rings (SSSR count). The summed E-state index contributed by atoms with van der Waals surface area (Å²) in [6.45, 7) is 1.59. The Bertz CT molecular complexity index is 609. The lowest BCUT2D eigenvalue weighted by atomic mass is 9.90. The van der Waals surface area contributed by atoms with E-state index in [0.717, 1.165) is 4.90 Å². The van der Waals surface area contributed by atoms with E-state index in [4.69, 9.17) is 5.11 Å². The summed E-state index contributed by atoms with van der Waals surface area (Å²) >= 11 is 0. The average Bonchev–Trinajstić information content (AvgIpc) is 2.79. The van der Waals surface area contributed by atoms with Crippen molar-refractivity contribution in [2.24, 2.45) is 5.41 Å². The number of urea groups is 1. The summed E-state index contributed by atoms with van der Waals surface area (Å²) in [5.41, 5.74) is -1.70. The number of hydrogen-bond acceptors (Lipinski definition) is 2. The molecule has 1 fully saturated rings. The van der Waals surface area contributed by atoms with Crippen LogP contribution in [0.25, 0.3) is 0 Å². The molecule has 114 valence electrons. The van der Waals surface area contributed by atoms with Crippen molar-refractivity contribution in [2.75, 3.05) is 18.4 Å². The van der Waals surface area contributed by atoms with Crippen molar-refractivity contribution < 1.29 is 27.9 Å². The fraction of sp³-hybridized carbons (Fsp3) is 0.385. The zero-order chi connectivity index (χ0) is 15.8. The Morgan fingerprint density at radius 3 is 2.57 bits per heavy atom. The molecule has 1 aliphatic rings. The van der Waals surface area contributed by atoms with Crippen LogP contribution in [0.2, 0.25) is 0 Å². The molecule has 2 N–H and O–H groups in total. The van der Waals surface area contributed by atoms with E-state index in [1.807, 2.05) is 5.32 Å². The third-order valence-electron chi connectivity index (χ3n) is 3.51. The number of carbonyl (C=O) groups excluding carboxylic acids is 1. The van der Waals surface area contributed by atoms with Gasteiger partial charge in [-0.3, -0.25) is 4.79 Å². The quantitative estimate of drug-likeness (QED) is 0.824. The predicted octanol–water partition coefficient (Wildman–Crippen LogP) is 2.43. The number of carboxylic acid groups (broad SMARTS) is 1. The number of carbonyl (C=O) groups is 2. The second kappa shape index (κ2) is 5.27. The van der Waals surface area contributed by atoms with Gasteiger partial charge in [0.15, 0.2) is 11.6 Å². The number of nitrogens with one attached hydrogen (secondary N) is 1. The van der Waals surface area contributed by atoms with Crippen molar-refractivity contribution >= 4 is 17.7 Å². The minimum atomic E-state index is -1.41. The van der Waals surface area contributed by atoms with Gasteiger partial charge in [-0.25, -0.2) is 18.0 Å². The maximum Gasteiger partial charge on any atom is 0.321 e.